The van der Waals surface area contributed by atoms with Crippen molar-refractivity contribution >= 4 is 11.9 Å². The Morgan fingerprint density at radius 1 is 1.12 bits per heavy atom. The zero-order chi connectivity index (χ0) is 24.4. The lowest BCUT2D eigenvalue weighted by atomic mass is 9.72. The number of hydrogen-bond acceptors (Lipinski definition) is 4. The van der Waals surface area contributed by atoms with Gasteiger partial charge in [-0.3, -0.25) is 4.79 Å². The van der Waals surface area contributed by atoms with E-state index < -0.39 is 42.4 Å². The summed E-state index contributed by atoms with van der Waals surface area (Å²) in [4.78, 5) is 29.9. The number of nitrogens with zero attached hydrogens (tertiary/aromatic N) is 2. The molecule has 3 amide bonds. The summed E-state index contributed by atoms with van der Waals surface area (Å²) in [7, 11) is 0. The van der Waals surface area contributed by atoms with E-state index in [2.05, 4.69) is 22.5 Å². The molecular formula is C25H37F2N5O2. The molecule has 3 fully saturated rings. The van der Waals surface area contributed by atoms with Gasteiger partial charge in [0.05, 0.1) is 5.66 Å². The number of benzene rings is 1. The van der Waals surface area contributed by atoms with Crippen LogP contribution in [0.1, 0.15) is 51.0 Å². The highest BCUT2D eigenvalue weighted by Crippen LogP contribution is 2.40. The van der Waals surface area contributed by atoms with Gasteiger partial charge in [-0.25, -0.2) is 13.6 Å². The molecule has 1 saturated carbocycles. The van der Waals surface area contributed by atoms with Crippen LogP contribution in [0.3, 0.4) is 0 Å². The molecule has 0 unspecified atom stereocenters. The van der Waals surface area contributed by atoms with E-state index in [4.69, 9.17) is 5.73 Å². The lowest BCUT2D eigenvalue weighted by Crippen LogP contribution is -2.62. The van der Waals surface area contributed by atoms with E-state index in [1.807, 2.05) is 0 Å². The molecule has 0 aromatic heterocycles. The van der Waals surface area contributed by atoms with E-state index in [0.29, 0.717) is 31.5 Å². The second-order valence-corrected chi connectivity index (χ2v) is 10.6. The Balaban J connectivity index is 1.35. The Labute approximate surface area is 200 Å². The van der Waals surface area contributed by atoms with Crippen LogP contribution in [0, 0.1) is 5.41 Å². The molecule has 4 N–H and O–H groups in total. The van der Waals surface area contributed by atoms with Crippen LogP contribution >= 0.6 is 0 Å². The van der Waals surface area contributed by atoms with Crippen LogP contribution in [0.15, 0.2) is 30.3 Å². The highest BCUT2D eigenvalue weighted by Gasteiger charge is 2.46. The lowest BCUT2D eigenvalue weighted by molar-refractivity contribution is -0.126. The molecule has 1 aromatic carbocycles. The van der Waals surface area contributed by atoms with Crippen LogP contribution in [-0.4, -0.2) is 72.1 Å². The van der Waals surface area contributed by atoms with Gasteiger partial charge in [0.15, 0.2) is 0 Å². The normalized spacial score (nSPS) is 22.1. The molecule has 0 bridgehead atoms. The van der Waals surface area contributed by atoms with Crippen LogP contribution < -0.4 is 16.4 Å². The van der Waals surface area contributed by atoms with Crippen molar-refractivity contribution in [3.8, 4) is 0 Å². The smallest absolute Gasteiger partial charge is 0.318 e. The molecule has 1 spiro atoms. The van der Waals surface area contributed by atoms with Gasteiger partial charge in [0.2, 0.25) is 5.91 Å². The van der Waals surface area contributed by atoms with Gasteiger partial charge in [0, 0.05) is 39.0 Å². The molecule has 2 aliphatic heterocycles. The highest BCUT2D eigenvalue weighted by molar-refractivity contribution is 5.87. The zero-order valence-electron chi connectivity index (χ0n) is 20.0. The Hall–Kier alpha value is -2.26. The fourth-order valence-electron chi connectivity index (χ4n) is 5.18. The van der Waals surface area contributed by atoms with Crippen molar-refractivity contribution in [1.82, 2.24) is 20.4 Å². The van der Waals surface area contributed by atoms with Gasteiger partial charge in [-0.15, -0.1) is 0 Å². The number of nitrogens with two attached hydrogens (primary N) is 1. The lowest BCUT2D eigenvalue weighted by Gasteiger charge is -2.54. The van der Waals surface area contributed by atoms with E-state index in [0.717, 1.165) is 38.9 Å². The number of piperidine rings is 1. The molecule has 34 heavy (non-hydrogen) atoms. The molecule has 1 aliphatic carbocycles. The van der Waals surface area contributed by atoms with Crippen molar-refractivity contribution in [3.63, 3.8) is 0 Å². The van der Waals surface area contributed by atoms with Crippen LogP contribution in [-0.2, 0) is 11.2 Å². The van der Waals surface area contributed by atoms with Gasteiger partial charge in [-0.05, 0) is 49.6 Å². The van der Waals surface area contributed by atoms with Crippen molar-refractivity contribution in [2.75, 3.05) is 32.7 Å². The minimum Gasteiger partial charge on any atom is -0.336 e. The second-order valence-electron chi connectivity index (χ2n) is 10.6. The molecule has 1 atom stereocenters. The van der Waals surface area contributed by atoms with E-state index in [1.165, 1.54) is 0 Å². The molecule has 2 heterocycles. The minimum absolute atomic E-state index is 0.267. The summed E-state index contributed by atoms with van der Waals surface area (Å²) in [6.45, 7) is 6.53. The third kappa shape index (κ3) is 6.24. The van der Waals surface area contributed by atoms with Crippen molar-refractivity contribution < 1.29 is 18.4 Å². The Bertz CT molecular complexity index is 861. The molecule has 2 saturated heterocycles. The summed E-state index contributed by atoms with van der Waals surface area (Å²) in [6, 6.07) is 6.62. The van der Waals surface area contributed by atoms with Gasteiger partial charge in [0.1, 0.15) is 6.04 Å². The van der Waals surface area contributed by atoms with Gasteiger partial charge >= 0.3 is 6.03 Å². The molecule has 4 rings (SSSR count). The van der Waals surface area contributed by atoms with Gasteiger partial charge in [-0.2, -0.15) is 0 Å². The number of likely N-dealkylation sites (tertiary alicyclic amines) is 2. The fourth-order valence-corrected chi connectivity index (χ4v) is 5.18. The van der Waals surface area contributed by atoms with Crippen molar-refractivity contribution in [2.24, 2.45) is 11.1 Å². The van der Waals surface area contributed by atoms with E-state index in [1.54, 1.807) is 35.2 Å². The molecular weight excluding hydrogens is 440 g/mol. The first-order valence-corrected chi connectivity index (χ1v) is 12.4. The van der Waals surface area contributed by atoms with E-state index in [9.17, 15) is 18.4 Å². The summed E-state index contributed by atoms with van der Waals surface area (Å²) in [5, 5.41) is 5.24. The average Bonchev–Trinajstić information content (AvgIpc) is 3.49. The molecule has 1 aromatic rings. The summed E-state index contributed by atoms with van der Waals surface area (Å²) in [5.41, 5.74) is 5.89. The number of alkyl halides is 2. The summed E-state index contributed by atoms with van der Waals surface area (Å²) in [5.74, 6) is -3.81. The number of urea groups is 1. The third-order valence-corrected chi connectivity index (χ3v) is 7.35. The number of rotatable bonds is 9. The zero-order valence-corrected chi connectivity index (χ0v) is 20.0. The molecule has 188 valence electrons. The summed E-state index contributed by atoms with van der Waals surface area (Å²) >= 11 is 0. The van der Waals surface area contributed by atoms with Crippen LogP contribution in [0.4, 0.5) is 13.6 Å². The maximum Gasteiger partial charge on any atom is 0.318 e. The number of halogens is 2. The fraction of sp³-hybridized carbons (Fsp3) is 0.680. The SMILES string of the molecule is CCCN1CC2(CCN(C(=O)N[C@@H](CC(F)(F)Cc3ccccc3)C(=O)NC3(N)CC3)CC2)C1. The maximum absolute atomic E-state index is 14.9. The first-order chi connectivity index (χ1) is 16.1. The Morgan fingerprint density at radius 2 is 1.76 bits per heavy atom. The highest BCUT2D eigenvalue weighted by atomic mass is 19.3. The summed E-state index contributed by atoms with van der Waals surface area (Å²) in [6.07, 6.45) is 2.85. The number of carbonyl (C=O) groups is 2. The number of carbonyl (C=O) groups excluding carboxylic acids is 2. The first kappa shape index (κ1) is 24.9. The van der Waals surface area contributed by atoms with Crippen molar-refractivity contribution in [1.29, 1.82) is 0 Å². The second kappa shape index (κ2) is 9.77. The Morgan fingerprint density at radius 3 is 2.35 bits per heavy atom. The quantitative estimate of drug-likeness (QED) is 0.477. The predicted octanol–water partition coefficient (Wildman–Crippen LogP) is 2.71. The van der Waals surface area contributed by atoms with Crippen LogP contribution in [0.5, 0.6) is 0 Å². The molecule has 7 nitrogen and oxygen atoms in total. The number of nitrogens with one attached hydrogen (secondary N) is 2. The maximum atomic E-state index is 14.9. The van der Waals surface area contributed by atoms with Crippen LogP contribution in [0.25, 0.3) is 0 Å². The van der Waals surface area contributed by atoms with Gasteiger partial charge in [0.25, 0.3) is 5.92 Å². The first-order valence-electron chi connectivity index (χ1n) is 12.4. The monoisotopic (exact) mass is 477 g/mol. The average molecular weight is 478 g/mol. The molecule has 0 radical (unpaired) electrons. The van der Waals surface area contributed by atoms with Crippen LogP contribution in [0.2, 0.25) is 0 Å². The number of hydrogen-bond donors (Lipinski definition) is 3. The minimum atomic E-state index is -3.16. The molecule has 3 aliphatic rings. The van der Waals surface area contributed by atoms with Crippen molar-refractivity contribution in [2.45, 2.75) is 69.5 Å². The predicted molar refractivity (Wildman–Crippen MR) is 126 cm³/mol. The van der Waals surface area contributed by atoms with Gasteiger partial charge < -0.3 is 26.2 Å². The Kier molecular flexibility index (Phi) is 7.14. The third-order valence-electron chi connectivity index (χ3n) is 7.35. The summed E-state index contributed by atoms with van der Waals surface area (Å²) < 4.78 is 29.9. The van der Waals surface area contributed by atoms with E-state index in [-0.39, 0.29) is 5.41 Å². The number of amides is 3. The van der Waals surface area contributed by atoms with E-state index >= 15 is 0 Å². The standard InChI is InChI=1S/C25H37F2N5O2/c1-2-12-31-17-23(18-31)10-13-32(14-11-23)22(34)29-20(21(33)30-25(28)8-9-25)16-24(26,27)15-19-6-4-3-5-7-19/h3-7,20H,2,8-18,28H2,1H3,(H,29,34)(H,30,33)/t20-/m0/s1. The molecule has 9 heteroatoms. The van der Waals surface area contributed by atoms with Crippen molar-refractivity contribution in [3.05, 3.63) is 35.9 Å². The topological polar surface area (TPSA) is 90.7 Å². The van der Waals surface area contributed by atoms with Gasteiger partial charge in [-0.1, -0.05) is 37.3 Å². The largest absolute Gasteiger partial charge is 0.336 e.